The molecule has 0 aromatic heterocycles. The van der Waals surface area contributed by atoms with E-state index < -0.39 is 31.0 Å². The fraction of sp³-hybridized carbons (Fsp3) is 0.647. The quantitative estimate of drug-likeness (QED) is 0.420. The van der Waals surface area contributed by atoms with Gasteiger partial charge in [0.05, 0.1) is 12.7 Å². The van der Waals surface area contributed by atoms with E-state index in [2.05, 4.69) is 5.18 Å². The van der Waals surface area contributed by atoms with Crippen molar-refractivity contribution in [1.82, 2.24) is 0 Å². The standard InChI is InChI=1S/C17H28N2O6/c1-8-10(3)15(11(4)9(2)14(8)18-25)19(5)6-12(21)16(23)17(24)13(22)7-20/h12-13,16-17,20-24H,6-7H2,1-5H3. The smallest absolute Gasteiger partial charge is 0.114 e. The van der Waals surface area contributed by atoms with Crippen molar-refractivity contribution in [2.45, 2.75) is 52.1 Å². The Morgan fingerprint density at radius 2 is 1.32 bits per heavy atom. The molecule has 8 heteroatoms. The Hall–Kier alpha value is -1.58. The van der Waals surface area contributed by atoms with E-state index in [1.54, 1.807) is 25.8 Å². The van der Waals surface area contributed by atoms with Crippen LogP contribution in [-0.4, -0.2) is 70.1 Å². The first-order chi connectivity index (χ1) is 11.6. The number of likely N-dealkylation sites (N-methyl/N-ethyl adjacent to an activating group) is 1. The van der Waals surface area contributed by atoms with Gasteiger partial charge in [-0.3, -0.25) is 0 Å². The molecule has 0 radical (unpaired) electrons. The fourth-order valence-electron chi connectivity index (χ4n) is 3.03. The summed E-state index contributed by atoms with van der Waals surface area (Å²) < 4.78 is 0. The molecule has 1 aromatic rings. The van der Waals surface area contributed by atoms with Crippen LogP contribution in [0.1, 0.15) is 22.3 Å². The molecule has 0 aliphatic rings. The van der Waals surface area contributed by atoms with Gasteiger partial charge in [0.15, 0.2) is 0 Å². The van der Waals surface area contributed by atoms with Crippen LogP contribution in [0.2, 0.25) is 0 Å². The zero-order chi connectivity index (χ0) is 19.5. The van der Waals surface area contributed by atoms with E-state index in [1.165, 1.54) is 0 Å². The maximum atomic E-state index is 11.1. The van der Waals surface area contributed by atoms with Crippen LogP contribution in [-0.2, 0) is 0 Å². The monoisotopic (exact) mass is 356 g/mol. The summed E-state index contributed by atoms with van der Waals surface area (Å²) in [5.74, 6) is 0. The second-order valence-corrected chi connectivity index (χ2v) is 6.47. The molecule has 0 aliphatic heterocycles. The molecule has 8 nitrogen and oxygen atoms in total. The lowest BCUT2D eigenvalue weighted by molar-refractivity contribution is -0.112. The summed E-state index contributed by atoms with van der Waals surface area (Å²) in [6.07, 6.45) is -6.19. The molecule has 4 atom stereocenters. The SMILES string of the molecule is Cc1c(C)c(N(C)CC(O)C(O)C(O)C(O)CO)c(C)c(C)c1N=O. The van der Waals surface area contributed by atoms with Crippen molar-refractivity contribution >= 4 is 11.4 Å². The van der Waals surface area contributed by atoms with Gasteiger partial charge in [-0.1, -0.05) is 0 Å². The van der Waals surface area contributed by atoms with Crippen molar-refractivity contribution in [3.63, 3.8) is 0 Å². The predicted molar refractivity (Wildman–Crippen MR) is 95.2 cm³/mol. The zero-order valence-electron chi connectivity index (χ0n) is 15.3. The Bertz CT molecular complexity index is 593. The Balaban J connectivity index is 3.09. The second kappa shape index (κ2) is 8.68. The number of hydrogen-bond donors (Lipinski definition) is 5. The molecule has 0 fully saturated rings. The summed E-state index contributed by atoms with van der Waals surface area (Å²) in [5.41, 5.74) is 4.34. The van der Waals surface area contributed by atoms with E-state index in [9.17, 15) is 25.3 Å². The van der Waals surface area contributed by atoms with Gasteiger partial charge >= 0.3 is 0 Å². The number of aliphatic hydroxyl groups excluding tert-OH is 5. The molecule has 1 rings (SSSR count). The third-order valence-electron chi connectivity index (χ3n) is 4.81. The molecule has 142 valence electrons. The Kier molecular flexibility index (Phi) is 7.45. The largest absolute Gasteiger partial charge is 0.394 e. The third-order valence-corrected chi connectivity index (χ3v) is 4.81. The van der Waals surface area contributed by atoms with Gasteiger partial charge in [-0.25, -0.2) is 0 Å². The number of hydrogen-bond acceptors (Lipinski definition) is 8. The highest BCUT2D eigenvalue weighted by atomic mass is 16.4. The number of nitroso groups, excluding NO2 is 1. The Morgan fingerprint density at radius 3 is 1.72 bits per heavy atom. The second-order valence-electron chi connectivity index (χ2n) is 6.47. The van der Waals surface area contributed by atoms with E-state index >= 15 is 0 Å². The van der Waals surface area contributed by atoms with E-state index in [-0.39, 0.29) is 6.54 Å². The molecule has 0 amide bonds. The van der Waals surface area contributed by atoms with Gasteiger partial charge in [0.2, 0.25) is 0 Å². The molecule has 0 bridgehead atoms. The first-order valence-corrected chi connectivity index (χ1v) is 8.06. The van der Waals surface area contributed by atoms with Gasteiger partial charge < -0.3 is 30.4 Å². The highest BCUT2D eigenvalue weighted by Crippen LogP contribution is 2.37. The summed E-state index contributed by atoms with van der Waals surface area (Å²) in [6.45, 7) is 6.53. The molecule has 4 unspecified atom stereocenters. The molecule has 1 aromatic carbocycles. The summed E-state index contributed by atoms with van der Waals surface area (Å²) in [5, 5.41) is 51.2. The van der Waals surface area contributed by atoms with Crippen molar-refractivity contribution < 1.29 is 25.5 Å². The first-order valence-electron chi connectivity index (χ1n) is 8.06. The lowest BCUT2D eigenvalue weighted by atomic mass is 9.95. The number of rotatable bonds is 8. The Labute approximate surface area is 147 Å². The molecule has 0 aliphatic carbocycles. The molecule has 5 N–H and O–H groups in total. The lowest BCUT2D eigenvalue weighted by Crippen LogP contribution is -2.49. The fourth-order valence-corrected chi connectivity index (χ4v) is 3.03. The van der Waals surface area contributed by atoms with Gasteiger partial charge in [0, 0.05) is 19.3 Å². The van der Waals surface area contributed by atoms with Crippen molar-refractivity contribution in [2.75, 3.05) is 25.1 Å². The van der Waals surface area contributed by atoms with Crippen molar-refractivity contribution in [3.05, 3.63) is 27.2 Å². The van der Waals surface area contributed by atoms with Gasteiger partial charge in [-0.05, 0) is 55.1 Å². The van der Waals surface area contributed by atoms with Crippen LogP contribution in [0.15, 0.2) is 5.18 Å². The molecule has 0 heterocycles. The van der Waals surface area contributed by atoms with Crippen molar-refractivity contribution in [2.24, 2.45) is 5.18 Å². The van der Waals surface area contributed by atoms with E-state index in [4.69, 9.17) is 5.11 Å². The lowest BCUT2D eigenvalue weighted by Gasteiger charge is -2.32. The first kappa shape index (κ1) is 21.5. The molecule has 0 saturated carbocycles. The van der Waals surface area contributed by atoms with Crippen LogP contribution in [0.25, 0.3) is 0 Å². The predicted octanol–water partition coefficient (Wildman–Crippen LogP) is 0.190. The van der Waals surface area contributed by atoms with Crippen molar-refractivity contribution in [1.29, 1.82) is 0 Å². The van der Waals surface area contributed by atoms with Gasteiger partial charge in [-0.2, -0.15) is 0 Å². The van der Waals surface area contributed by atoms with Crippen LogP contribution in [0.3, 0.4) is 0 Å². The molecule has 0 saturated heterocycles. The molecular weight excluding hydrogens is 328 g/mol. The number of benzene rings is 1. The highest BCUT2D eigenvalue weighted by Gasteiger charge is 2.31. The van der Waals surface area contributed by atoms with Gasteiger partial charge in [0.25, 0.3) is 0 Å². The topological polar surface area (TPSA) is 134 Å². The number of anilines is 1. The summed E-state index contributed by atoms with van der Waals surface area (Å²) >= 11 is 0. The maximum absolute atomic E-state index is 11.1. The van der Waals surface area contributed by atoms with E-state index in [1.807, 2.05) is 13.8 Å². The average molecular weight is 356 g/mol. The normalized spacial score (nSPS) is 16.2. The molecule has 0 spiro atoms. The van der Waals surface area contributed by atoms with Crippen molar-refractivity contribution in [3.8, 4) is 0 Å². The van der Waals surface area contributed by atoms with Crippen LogP contribution < -0.4 is 4.90 Å². The zero-order valence-corrected chi connectivity index (χ0v) is 15.3. The third kappa shape index (κ3) is 4.34. The van der Waals surface area contributed by atoms with Gasteiger partial charge in [0.1, 0.15) is 24.0 Å². The van der Waals surface area contributed by atoms with Gasteiger partial charge in [-0.15, -0.1) is 4.91 Å². The van der Waals surface area contributed by atoms with Crippen LogP contribution in [0, 0.1) is 32.6 Å². The summed E-state index contributed by atoms with van der Waals surface area (Å²) in [7, 11) is 1.72. The number of aliphatic hydroxyl groups is 5. The van der Waals surface area contributed by atoms with Crippen LogP contribution in [0.4, 0.5) is 11.4 Å². The van der Waals surface area contributed by atoms with Crippen LogP contribution >= 0.6 is 0 Å². The highest BCUT2D eigenvalue weighted by molar-refractivity contribution is 5.72. The number of nitrogens with zero attached hydrogens (tertiary/aromatic N) is 2. The minimum Gasteiger partial charge on any atom is -0.394 e. The summed E-state index contributed by atoms with van der Waals surface area (Å²) in [6, 6.07) is 0. The minimum atomic E-state index is -1.67. The molecule has 25 heavy (non-hydrogen) atoms. The van der Waals surface area contributed by atoms with Crippen LogP contribution in [0.5, 0.6) is 0 Å². The molecular formula is C17H28N2O6. The summed E-state index contributed by atoms with van der Waals surface area (Å²) in [4.78, 5) is 12.8. The van der Waals surface area contributed by atoms with E-state index in [0.717, 1.165) is 27.9 Å². The maximum Gasteiger partial charge on any atom is 0.114 e. The average Bonchev–Trinajstić information content (AvgIpc) is 2.58. The Morgan fingerprint density at radius 1 is 0.880 bits per heavy atom. The minimum absolute atomic E-state index is 0.0230. The van der Waals surface area contributed by atoms with E-state index in [0.29, 0.717) is 5.69 Å².